The lowest BCUT2D eigenvalue weighted by Crippen LogP contribution is -2.14. The second-order valence-electron chi connectivity index (χ2n) is 3.20. The summed E-state index contributed by atoms with van der Waals surface area (Å²) in [6.07, 6.45) is -3.23. The van der Waals surface area contributed by atoms with Gasteiger partial charge >= 0.3 is 5.69 Å². The van der Waals surface area contributed by atoms with Gasteiger partial charge in [0.2, 0.25) is 12.2 Å². The first-order valence-electron chi connectivity index (χ1n) is 4.39. The van der Waals surface area contributed by atoms with Crippen LogP contribution in [0.1, 0.15) is 18.0 Å². The van der Waals surface area contributed by atoms with Crippen molar-refractivity contribution in [2.45, 2.75) is 18.9 Å². The van der Waals surface area contributed by atoms with Crippen LogP contribution in [-0.4, -0.2) is 11.3 Å². The number of hydrogen-bond acceptors (Lipinski definition) is 3. The van der Waals surface area contributed by atoms with Gasteiger partial charge in [-0.1, -0.05) is 6.07 Å². The number of nitro groups is 1. The maximum absolute atomic E-state index is 12.9. The van der Waals surface area contributed by atoms with Crippen LogP contribution in [0.4, 0.5) is 18.9 Å². The average Bonchev–Trinajstić information content (AvgIpc) is 2.16. The van der Waals surface area contributed by atoms with Crippen molar-refractivity contribution in [3.05, 3.63) is 39.7 Å². The largest absolute Gasteiger partial charge is 0.324 e. The highest BCUT2D eigenvalue weighted by Gasteiger charge is 2.19. The molecule has 0 heterocycles. The van der Waals surface area contributed by atoms with Crippen molar-refractivity contribution in [2.24, 2.45) is 5.73 Å². The predicted molar refractivity (Wildman–Crippen MR) is 57.9 cm³/mol. The summed E-state index contributed by atoms with van der Waals surface area (Å²) in [5, 5.41) is 10.4. The summed E-state index contributed by atoms with van der Waals surface area (Å²) in [7, 11) is 0. The van der Waals surface area contributed by atoms with Crippen LogP contribution in [-0.2, 0) is 0 Å². The number of halogens is 4. The molecule has 1 atom stereocenters. The second-order valence-corrected chi connectivity index (χ2v) is 3.20. The predicted octanol–water partition coefficient (Wildman–Crippen LogP) is 2.81. The molecule has 0 fully saturated rings. The Morgan fingerprint density at radius 2 is 2.00 bits per heavy atom. The summed E-state index contributed by atoms with van der Waals surface area (Å²) in [6, 6.07) is 1.84. The van der Waals surface area contributed by atoms with Gasteiger partial charge in [0.25, 0.3) is 0 Å². The van der Waals surface area contributed by atoms with Gasteiger partial charge in [0.1, 0.15) is 0 Å². The molecule has 1 rings (SSSR count). The first kappa shape index (κ1) is 15.7. The van der Waals surface area contributed by atoms with Crippen molar-refractivity contribution in [1.29, 1.82) is 0 Å². The van der Waals surface area contributed by atoms with Gasteiger partial charge in [-0.15, -0.1) is 12.4 Å². The maximum Gasteiger partial charge on any atom is 0.305 e. The lowest BCUT2D eigenvalue weighted by Gasteiger charge is -2.10. The Hall–Kier alpha value is -1.34. The van der Waals surface area contributed by atoms with Crippen LogP contribution in [0.3, 0.4) is 0 Å². The molecule has 0 aliphatic carbocycles. The van der Waals surface area contributed by atoms with E-state index < -0.39 is 35.3 Å². The summed E-state index contributed by atoms with van der Waals surface area (Å²) in [6.45, 7) is 0. The van der Waals surface area contributed by atoms with E-state index in [4.69, 9.17) is 5.73 Å². The highest BCUT2D eigenvalue weighted by Crippen LogP contribution is 2.24. The number of rotatable bonds is 4. The average molecular weight is 271 g/mol. The molecule has 0 saturated heterocycles. The minimum absolute atomic E-state index is 0. The minimum Gasteiger partial charge on any atom is -0.324 e. The summed E-state index contributed by atoms with van der Waals surface area (Å²) >= 11 is 0. The van der Waals surface area contributed by atoms with Crippen LogP contribution in [0, 0.1) is 15.9 Å². The van der Waals surface area contributed by atoms with Gasteiger partial charge in [-0.3, -0.25) is 10.1 Å². The Labute approximate surface area is 101 Å². The molecule has 1 aromatic rings. The van der Waals surface area contributed by atoms with Crippen molar-refractivity contribution in [1.82, 2.24) is 0 Å². The van der Waals surface area contributed by atoms with Crippen molar-refractivity contribution in [3.8, 4) is 0 Å². The van der Waals surface area contributed by atoms with Crippen molar-refractivity contribution >= 4 is 18.1 Å². The van der Waals surface area contributed by atoms with Gasteiger partial charge in [-0.25, -0.2) is 8.78 Å². The van der Waals surface area contributed by atoms with E-state index in [2.05, 4.69) is 0 Å². The van der Waals surface area contributed by atoms with Crippen LogP contribution in [0.25, 0.3) is 0 Å². The Morgan fingerprint density at radius 1 is 1.41 bits per heavy atom. The molecule has 96 valence electrons. The Bertz CT molecular complexity index is 404. The monoisotopic (exact) mass is 270 g/mol. The first-order chi connectivity index (χ1) is 7.41. The van der Waals surface area contributed by atoms with Crippen LogP contribution in [0.15, 0.2) is 18.2 Å². The molecule has 0 aliphatic heterocycles. The molecule has 4 nitrogen and oxygen atoms in total. The third-order valence-electron chi connectivity index (χ3n) is 2.03. The Morgan fingerprint density at radius 3 is 2.47 bits per heavy atom. The number of nitrogens with two attached hydrogens (primary N) is 1. The molecule has 17 heavy (non-hydrogen) atoms. The maximum atomic E-state index is 12.9. The van der Waals surface area contributed by atoms with Gasteiger partial charge in [0.05, 0.1) is 4.92 Å². The van der Waals surface area contributed by atoms with E-state index in [9.17, 15) is 23.3 Å². The zero-order valence-corrected chi connectivity index (χ0v) is 9.29. The van der Waals surface area contributed by atoms with Crippen molar-refractivity contribution in [2.75, 3.05) is 0 Å². The van der Waals surface area contributed by atoms with Crippen molar-refractivity contribution < 1.29 is 18.1 Å². The van der Waals surface area contributed by atoms with Crippen LogP contribution >= 0.6 is 12.4 Å². The molecule has 8 heteroatoms. The van der Waals surface area contributed by atoms with Gasteiger partial charge in [0, 0.05) is 18.5 Å². The molecule has 0 saturated carbocycles. The Kier molecular flexibility index (Phi) is 5.90. The van der Waals surface area contributed by atoms with Crippen molar-refractivity contribution in [3.63, 3.8) is 0 Å². The normalized spacial score (nSPS) is 12.1. The Balaban J connectivity index is 0.00000256. The van der Waals surface area contributed by atoms with E-state index in [0.29, 0.717) is 0 Å². The molecule has 0 aromatic heterocycles. The summed E-state index contributed by atoms with van der Waals surface area (Å²) in [4.78, 5) is 9.47. The lowest BCUT2D eigenvalue weighted by molar-refractivity contribution is -0.387. The first-order valence-corrected chi connectivity index (χ1v) is 4.39. The van der Waals surface area contributed by atoms with E-state index in [-0.39, 0.29) is 18.0 Å². The molecule has 0 spiro atoms. The third kappa shape index (κ3) is 4.20. The van der Waals surface area contributed by atoms with E-state index >= 15 is 0 Å². The molecule has 0 unspecified atom stereocenters. The highest BCUT2D eigenvalue weighted by molar-refractivity contribution is 5.85. The van der Waals surface area contributed by atoms with Gasteiger partial charge in [-0.2, -0.15) is 4.39 Å². The fraction of sp³-hybridized carbons (Fsp3) is 0.333. The molecule has 2 N–H and O–H groups in total. The van der Waals surface area contributed by atoms with E-state index in [1.165, 1.54) is 0 Å². The van der Waals surface area contributed by atoms with Crippen LogP contribution in [0.5, 0.6) is 0 Å². The van der Waals surface area contributed by atoms with E-state index in [1.807, 2.05) is 0 Å². The fourth-order valence-corrected chi connectivity index (χ4v) is 1.23. The number of nitro benzene ring substituents is 1. The van der Waals surface area contributed by atoms with E-state index in [1.54, 1.807) is 0 Å². The van der Waals surface area contributed by atoms with Gasteiger partial charge in [-0.05, 0) is 11.6 Å². The quantitative estimate of drug-likeness (QED) is 0.675. The molecule has 0 aliphatic rings. The SMILES string of the molecule is Cl.N[C@@H](CC(F)F)c1ccc(F)c([N+](=O)[O-])c1. The topological polar surface area (TPSA) is 69.2 Å². The fourth-order valence-electron chi connectivity index (χ4n) is 1.23. The number of nitrogens with zero attached hydrogens (tertiary/aromatic N) is 1. The standard InChI is InChI=1S/C9H9F3N2O2.ClH/c10-6-2-1-5(3-8(6)14(15)16)7(13)4-9(11)12;/h1-3,7,9H,4,13H2;1H/t7-;/m0./s1. The third-order valence-corrected chi connectivity index (χ3v) is 2.03. The molecular formula is C9H10ClF3N2O2. The van der Waals surface area contributed by atoms with Gasteiger partial charge < -0.3 is 5.73 Å². The van der Waals surface area contributed by atoms with Crippen LogP contribution < -0.4 is 5.73 Å². The molecule has 0 radical (unpaired) electrons. The smallest absolute Gasteiger partial charge is 0.305 e. The zero-order chi connectivity index (χ0) is 12.3. The highest BCUT2D eigenvalue weighted by atomic mass is 35.5. The van der Waals surface area contributed by atoms with E-state index in [0.717, 1.165) is 18.2 Å². The summed E-state index contributed by atoms with van der Waals surface area (Å²) < 4.78 is 37.0. The molecular weight excluding hydrogens is 261 g/mol. The second kappa shape index (κ2) is 6.41. The summed E-state index contributed by atoms with van der Waals surface area (Å²) in [5.74, 6) is -1.02. The lowest BCUT2D eigenvalue weighted by atomic mass is 10.0. The minimum atomic E-state index is -2.61. The van der Waals surface area contributed by atoms with Gasteiger partial charge in [0.15, 0.2) is 0 Å². The molecule has 1 aromatic carbocycles. The summed E-state index contributed by atoms with van der Waals surface area (Å²) in [5.41, 5.74) is 4.75. The van der Waals surface area contributed by atoms with Crippen LogP contribution in [0.2, 0.25) is 0 Å². The molecule has 0 bridgehead atoms. The number of alkyl halides is 2. The zero-order valence-electron chi connectivity index (χ0n) is 8.48. The molecule has 0 amide bonds. The number of hydrogen-bond donors (Lipinski definition) is 1. The number of benzene rings is 1.